The van der Waals surface area contributed by atoms with Crippen LogP contribution in [0.2, 0.25) is 25.7 Å². The van der Waals surface area contributed by atoms with E-state index in [0.717, 1.165) is 11.8 Å². The molecule has 0 aromatic heterocycles. The molecule has 1 unspecified atom stereocenters. The van der Waals surface area contributed by atoms with E-state index in [1.165, 1.54) is 18.9 Å². The highest BCUT2D eigenvalue weighted by atomic mass is 35.5. The van der Waals surface area contributed by atoms with Crippen LogP contribution in [0.4, 0.5) is 0 Å². The lowest BCUT2D eigenvalue weighted by atomic mass is 10.1. The van der Waals surface area contributed by atoms with Crippen molar-refractivity contribution >= 4 is 19.7 Å². The zero-order valence-corrected chi connectivity index (χ0v) is 10.0. The van der Waals surface area contributed by atoms with E-state index >= 15 is 0 Å². The van der Waals surface area contributed by atoms with Crippen LogP contribution in [0.15, 0.2) is 0 Å². The van der Waals surface area contributed by atoms with E-state index < -0.39 is 8.07 Å². The van der Waals surface area contributed by atoms with E-state index in [0.29, 0.717) is 0 Å². The van der Waals surface area contributed by atoms with Crippen LogP contribution in [0.5, 0.6) is 0 Å². The summed E-state index contributed by atoms with van der Waals surface area (Å²) in [5, 5.41) is 0. The second-order valence-corrected chi connectivity index (χ2v) is 10.4. The molecule has 68 valence electrons. The molecule has 0 fully saturated rings. The number of hydrogen-bond acceptors (Lipinski definition) is 0. The number of rotatable bonds is 5. The first-order chi connectivity index (χ1) is 4.99. The van der Waals surface area contributed by atoms with Crippen LogP contribution in [0.1, 0.15) is 19.8 Å². The second-order valence-electron chi connectivity index (χ2n) is 4.57. The Labute approximate surface area is 77.3 Å². The van der Waals surface area contributed by atoms with Crippen molar-refractivity contribution in [3.8, 4) is 0 Å². The van der Waals surface area contributed by atoms with Crippen molar-refractivity contribution < 1.29 is 0 Å². The molecular weight excluding hydrogens is 172 g/mol. The van der Waals surface area contributed by atoms with Crippen LogP contribution in [0.3, 0.4) is 0 Å². The van der Waals surface area contributed by atoms with Crippen LogP contribution >= 0.6 is 11.6 Å². The maximum atomic E-state index is 5.87. The van der Waals surface area contributed by atoms with E-state index in [1.54, 1.807) is 0 Å². The van der Waals surface area contributed by atoms with Gasteiger partial charge in [0, 0.05) is 14.0 Å². The molecule has 0 aliphatic carbocycles. The van der Waals surface area contributed by atoms with Crippen molar-refractivity contribution in [1.82, 2.24) is 0 Å². The fraction of sp³-hybridized carbons (Fsp3) is 1.00. The van der Waals surface area contributed by atoms with E-state index in [9.17, 15) is 0 Å². The lowest BCUT2D eigenvalue weighted by Crippen LogP contribution is -2.24. The molecule has 0 spiro atoms. The minimum atomic E-state index is -0.863. The van der Waals surface area contributed by atoms with Gasteiger partial charge in [-0.1, -0.05) is 39.0 Å². The first-order valence-electron chi connectivity index (χ1n) is 4.55. The summed E-state index contributed by atoms with van der Waals surface area (Å²) in [4.78, 5) is 0. The van der Waals surface area contributed by atoms with E-state index in [4.69, 9.17) is 11.6 Å². The summed E-state index contributed by atoms with van der Waals surface area (Å²) >= 11 is 5.87. The number of alkyl halides is 1. The van der Waals surface area contributed by atoms with Gasteiger partial charge in [0.15, 0.2) is 0 Å². The Bertz CT molecular complexity index is 96.2. The quantitative estimate of drug-likeness (QED) is 0.457. The molecule has 0 aliphatic rings. The predicted octanol–water partition coefficient (Wildman–Crippen LogP) is 3.98. The predicted molar refractivity (Wildman–Crippen MR) is 57.3 cm³/mol. The first-order valence-corrected chi connectivity index (χ1v) is 8.79. The minimum Gasteiger partial charge on any atom is -0.126 e. The largest absolute Gasteiger partial charge is 0.126 e. The van der Waals surface area contributed by atoms with Crippen LogP contribution in [0, 0.1) is 5.92 Å². The summed E-state index contributed by atoms with van der Waals surface area (Å²) in [6.07, 6.45) is 2.59. The third kappa shape index (κ3) is 6.89. The molecule has 0 N–H and O–H groups in total. The van der Waals surface area contributed by atoms with Crippen LogP contribution in [0.25, 0.3) is 0 Å². The van der Waals surface area contributed by atoms with Gasteiger partial charge in [-0.25, -0.2) is 0 Å². The summed E-state index contributed by atoms with van der Waals surface area (Å²) in [7, 11) is -0.863. The maximum absolute atomic E-state index is 5.87. The molecule has 0 rings (SSSR count). The van der Waals surface area contributed by atoms with Gasteiger partial charge in [0.05, 0.1) is 0 Å². The molecule has 1 atom stereocenters. The van der Waals surface area contributed by atoms with Crippen molar-refractivity contribution in [3.63, 3.8) is 0 Å². The fourth-order valence-corrected chi connectivity index (χ4v) is 4.03. The molecule has 0 nitrogen and oxygen atoms in total. The lowest BCUT2D eigenvalue weighted by Gasteiger charge is -2.22. The molecule has 0 bridgehead atoms. The Balaban J connectivity index is 3.68. The van der Waals surface area contributed by atoms with Gasteiger partial charge in [-0.15, -0.1) is 11.6 Å². The third-order valence-electron chi connectivity index (χ3n) is 1.82. The molecule has 0 aliphatic heterocycles. The molecule has 0 aromatic carbocycles. The number of hydrogen-bond donors (Lipinski definition) is 0. The molecule has 0 radical (unpaired) electrons. The van der Waals surface area contributed by atoms with Crippen LogP contribution in [-0.2, 0) is 0 Å². The zero-order chi connectivity index (χ0) is 8.91. The monoisotopic (exact) mass is 192 g/mol. The highest BCUT2D eigenvalue weighted by molar-refractivity contribution is 6.76. The Hall–Kier alpha value is 0.507. The van der Waals surface area contributed by atoms with Crippen molar-refractivity contribution in [2.45, 2.75) is 45.5 Å². The van der Waals surface area contributed by atoms with Gasteiger partial charge < -0.3 is 0 Å². The van der Waals surface area contributed by atoms with Crippen molar-refractivity contribution in [2.24, 2.45) is 5.92 Å². The van der Waals surface area contributed by atoms with Crippen molar-refractivity contribution in [1.29, 1.82) is 0 Å². The van der Waals surface area contributed by atoms with Gasteiger partial charge in [0.25, 0.3) is 0 Å². The molecule has 2 heteroatoms. The summed E-state index contributed by atoms with van der Waals surface area (Å²) in [6.45, 7) is 9.50. The zero-order valence-electron chi connectivity index (χ0n) is 8.28. The highest BCUT2D eigenvalue weighted by Gasteiger charge is 2.18. The standard InChI is InChI=1S/C9H21ClSi/c1-5-6-9(7-10)8-11(2,3)4/h9H,5-8H2,1-4H3. The molecule has 0 amide bonds. The lowest BCUT2D eigenvalue weighted by molar-refractivity contribution is 0.574. The van der Waals surface area contributed by atoms with Crippen molar-refractivity contribution in [3.05, 3.63) is 0 Å². The summed E-state index contributed by atoms with van der Waals surface area (Å²) in [6, 6.07) is 1.39. The van der Waals surface area contributed by atoms with E-state index in [2.05, 4.69) is 26.6 Å². The normalized spacial score (nSPS) is 15.0. The molecule has 0 heterocycles. The number of halogens is 1. The Morgan fingerprint density at radius 1 is 1.27 bits per heavy atom. The Morgan fingerprint density at radius 2 is 1.82 bits per heavy atom. The third-order valence-corrected chi connectivity index (χ3v) is 4.05. The van der Waals surface area contributed by atoms with Gasteiger partial charge in [-0.05, 0) is 12.3 Å². The smallest absolute Gasteiger partial charge is 0.0445 e. The summed E-state index contributed by atoms with van der Waals surface area (Å²) in [5.74, 6) is 1.64. The maximum Gasteiger partial charge on any atom is 0.0445 e. The summed E-state index contributed by atoms with van der Waals surface area (Å²) < 4.78 is 0. The van der Waals surface area contributed by atoms with Crippen LogP contribution < -0.4 is 0 Å². The molecule has 0 saturated carbocycles. The topological polar surface area (TPSA) is 0 Å². The average molecular weight is 193 g/mol. The van der Waals surface area contributed by atoms with Gasteiger partial charge in [0.1, 0.15) is 0 Å². The fourth-order valence-electron chi connectivity index (χ4n) is 1.51. The minimum absolute atomic E-state index is 0.785. The van der Waals surface area contributed by atoms with Gasteiger partial charge in [-0.2, -0.15) is 0 Å². The molecule has 0 saturated heterocycles. The Kier molecular flexibility index (Phi) is 5.45. The average Bonchev–Trinajstić information content (AvgIpc) is 1.84. The van der Waals surface area contributed by atoms with Gasteiger partial charge in [-0.3, -0.25) is 0 Å². The van der Waals surface area contributed by atoms with Crippen LogP contribution in [-0.4, -0.2) is 14.0 Å². The van der Waals surface area contributed by atoms with Crippen molar-refractivity contribution in [2.75, 3.05) is 5.88 Å². The van der Waals surface area contributed by atoms with E-state index in [1.807, 2.05) is 0 Å². The molecule has 11 heavy (non-hydrogen) atoms. The molecular formula is C9H21ClSi. The van der Waals surface area contributed by atoms with Gasteiger partial charge in [0.2, 0.25) is 0 Å². The van der Waals surface area contributed by atoms with Gasteiger partial charge >= 0.3 is 0 Å². The Morgan fingerprint density at radius 3 is 2.09 bits per heavy atom. The van der Waals surface area contributed by atoms with E-state index in [-0.39, 0.29) is 0 Å². The summed E-state index contributed by atoms with van der Waals surface area (Å²) in [5.41, 5.74) is 0. The first kappa shape index (κ1) is 11.5. The highest BCUT2D eigenvalue weighted by Crippen LogP contribution is 2.21. The second kappa shape index (κ2) is 5.21. The SMILES string of the molecule is CCCC(CCl)C[Si](C)(C)C. The molecule has 0 aromatic rings.